The number of pyridine rings is 1. The highest BCUT2D eigenvalue weighted by molar-refractivity contribution is 7.08. The maximum absolute atomic E-state index is 9.31. The molecule has 0 bridgehead atoms. The summed E-state index contributed by atoms with van der Waals surface area (Å²) in [5.41, 5.74) is 2.94. The van der Waals surface area contributed by atoms with Crippen LogP contribution in [-0.4, -0.2) is 10.1 Å². The Hall–Kier alpha value is -1.19. The van der Waals surface area contributed by atoms with Crippen molar-refractivity contribution < 1.29 is 5.11 Å². The monoisotopic (exact) mass is 205 g/mol. The van der Waals surface area contributed by atoms with E-state index in [-0.39, 0.29) is 0 Å². The van der Waals surface area contributed by atoms with Crippen molar-refractivity contribution in [2.45, 2.75) is 13.0 Å². The Morgan fingerprint density at radius 3 is 2.71 bits per heavy atom. The lowest BCUT2D eigenvalue weighted by Gasteiger charge is -2.04. The van der Waals surface area contributed by atoms with Crippen LogP contribution in [0.2, 0.25) is 0 Å². The number of rotatable bonds is 2. The van der Waals surface area contributed by atoms with Crippen molar-refractivity contribution in [3.63, 3.8) is 0 Å². The van der Waals surface area contributed by atoms with Gasteiger partial charge in [-0.1, -0.05) is 6.07 Å². The highest BCUT2D eigenvalue weighted by Crippen LogP contribution is 2.21. The van der Waals surface area contributed by atoms with Gasteiger partial charge in [-0.3, -0.25) is 4.98 Å². The fourth-order valence-electron chi connectivity index (χ4n) is 1.23. The highest BCUT2D eigenvalue weighted by atomic mass is 32.1. The summed E-state index contributed by atoms with van der Waals surface area (Å²) in [4.78, 5) is 4.29. The van der Waals surface area contributed by atoms with Crippen molar-refractivity contribution in [1.29, 1.82) is 0 Å². The van der Waals surface area contributed by atoms with Gasteiger partial charge in [-0.25, -0.2) is 0 Å². The Morgan fingerprint density at radius 1 is 1.36 bits per heavy atom. The molecule has 1 N–H and O–H groups in total. The zero-order chi connectivity index (χ0) is 9.97. The molecule has 0 spiro atoms. The summed E-state index contributed by atoms with van der Waals surface area (Å²) in [5.74, 6) is 0. The molecule has 0 aliphatic heterocycles. The number of hydrogen-bond donors (Lipinski definition) is 1. The second-order valence-corrected chi connectivity index (χ2v) is 3.94. The second kappa shape index (κ2) is 3.90. The molecule has 0 aliphatic carbocycles. The molecule has 0 amide bonds. The molecule has 14 heavy (non-hydrogen) atoms. The van der Waals surface area contributed by atoms with Gasteiger partial charge in [0.25, 0.3) is 0 Å². The average Bonchev–Trinajstić information content (AvgIpc) is 2.71. The number of nitrogens with zero attached hydrogens (tertiary/aromatic N) is 1. The first kappa shape index (κ1) is 9.37. The van der Waals surface area contributed by atoms with Crippen molar-refractivity contribution in [2.24, 2.45) is 0 Å². The summed E-state index contributed by atoms with van der Waals surface area (Å²) in [6.45, 7) is 1.74. The standard InChI is InChI=1S/C11H11NOS/c1-8(13)9-2-3-11(12-6-9)10-4-5-14-7-10/h2-8,13H,1H3. The van der Waals surface area contributed by atoms with Crippen molar-refractivity contribution in [3.05, 3.63) is 40.7 Å². The first-order valence-electron chi connectivity index (χ1n) is 4.44. The van der Waals surface area contributed by atoms with E-state index in [0.29, 0.717) is 0 Å². The average molecular weight is 205 g/mol. The number of hydrogen-bond acceptors (Lipinski definition) is 3. The molecule has 0 aromatic carbocycles. The molecule has 2 aromatic heterocycles. The zero-order valence-electron chi connectivity index (χ0n) is 7.84. The summed E-state index contributed by atoms with van der Waals surface area (Å²) >= 11 is 1.66. The third-order valence-corrected chi connectivity index (χ3v) is 2.77. The molecular weight excluding hydrogens is 194 g/mol. The molecular formula is C11H11NOS. The second-order valence-electron chi connectivity index (χ2n) is 3.16. The van der Waals surface area contributed by atoms with Gasteiger partial charge in [0.05, 0.1) is 11.8 Å². The molecule has 1 atom stereocenters. The first-order chi connectivity index (χ1) is 6.77. The molecule has 72 valence electrons. The van der Waals surface area contributed by atoms with E-state index in [0.717, 1.165) is 16.8 Å². The Balaban J connectivity index is 2.31. The minimum Gasteiger partial charge on any atom is -0.389 e. The summed E-state index contributed by atoms with van der Waals surface area (Å²) in [6, 6.07) is 5.88. The molecule has 0 saturated carbocycles. The van der Waals surface area contributed by atoms with Gasteiger partial charge in [0.2, 0.25) is 0 Å². The fourth-order valence-corrected chi connectivity index (χ4v) is 1.88. The summed E-state index contributed by atoms with van der Waals surface area (Å²) in [7, 11) is 0. The van der Waals surface area contributed by atoms with Crippen LogP contribution in [0.25, 0.3) is 11.3 Å². The lowest BCUT2D eigenvalue weighted by atomic mass is 10.1. The first-order valence-corrected chi connectivity index (χ1v) is 5.38. The molecule has 1 unspecified atom stereocenters. The van der Waals surface area contributed by atoms with Crippen LogP contribution >= 0.6 is 11.3 Å². The quantitative estimate of drug-likeness (QED) is 0.817. The lowest BCUT2D eigenvalue weighted by Crippen LogP contribution is -1.92. The highest BCUT2D eigenvalue weighted by Gasteiger charge is 2.02. The van der Waals surface area contributed by atoms with Gasteiger partial charge < -0.3 is 5.11 Å². The van der Waals surface area contributed by atoms with Crippen molar-refractivity contribution in [2.75, 3.05) is 0 Å². The van der Waals surface area contributed by atoms with E-state index >= 15 is 0 Å². The van der Waals surface area contributed by atoms with Crippen molar-refractivity contribution >= 4 is 11.3 Å². The van der Waals surface area contributed by atoms with E-state index < -0.39 is 6.10 Å². The van der Waals surface area contributed by atoms with Crippen molar-refractivity contribution in [1.82, 2.24) is 4.98 Å². The van der Waals surface area contributed by atoms with Crippen LogP contribution in [0.15, 0.2) is 35.2 Å². The Labute approximate surface area is 86.9 Å². The number of aromatic nitrogens is 1. The predicted octanol–water partition coefficient (Wildman–Crippen LogP) is 2.86. The molecule has 0 aliphatic rings. The van der Waals surface area contributed by atoms with E-state index in [1.165, 1.54) is 0 Å². The van der Waals surface area contributed by atoms with E-state index in [2.05, 4.69) is 10.4 Å². The van der Waals surface area contributed by atoms with Crippen LogP contribution in [0, 0.1) is 0 Å². The fraction of sp³-hybridized carbons (Fsp3) is 0.182. The topological polar surface area (TPSA) is 33.1 Å². The molecule has 2 nitrogen and oxygen atoms in total. The summed E-state index contributed by atoms with van der Waals surface area (Å²) in [5, 5.41) is 13.4. The van der Waals surface area contributed by atoms with E-state index in [9.17, 15) is 5.11 Å². The third kappa shape index (κ3) is 1.84. The van der Waals surface area contributed by atoms with E-state index in [1.54, 1.807) is 24.5 Å². The van der Waals surface area contributed by atoms with Gasteiger partial charge in [0.15, 0.2) is 0 Å². The van der Waals surface area contributed by atoms with E-state index in [1.807, 2.05) is 23.6 Å². The normalized spacial score (nSPS) is 12.7. The van der Waals surface area contributed by atoms with Gasteiger partial charge in [-0.05, 0) is 30.0 Å². The largest absolute Gasteiger partial charge is 0.389 e. The molecule has 3 heteroatoms. The molecule has 0 fully saturated rings. The summed E-state index contributed by atoms with van der Waals surface area (Å²) in [6.07, 6.45) is 1.27. The number of aliphatic hydroxyl groups excluding tert-OH is 1. The molecule has 0 saturated heterocycles. The van der Waals surface area contributed by atoms with Crippen LogP contribution in [0.4, 0.5) is 0 Å². The van der Waals surface area contributed by atoms with Crippen LogP contribution in [0.1, 0.15) is 18.6 Å². The molecule has 0 radical (unpaired) electrons. The van der Waals surface area contributed by atoms with Crippen molar-refractivity contribution in [3.8, 4) is 11.3 Å². The Bertz CT molecular complexity index is 392. The SMILES string of the molecule is CC(O)c1ccc(-c2ccsc2)nc1. The maximum atomic E-state index is 9.31. The van der Waals surface area contributed by atoms with Gasteiger partial charge in [0, 0.05) is 17.1 Å². The van der Waals surface area contributed by atoms with Gasteiger partial charge in [-0.2, -0.15) is 11.3 Å². The molecule has 2 aromatic rings. The van der Waals surface area contributed by atoms with Crippen LogP contribution in [0.3, 0.4) is 0 Å². The van der Waals surface area contributed by atoms with Crippen LogP contribution < -0.4 is 0 Å². The van der Waals surface area contributed by atoms with Crippen LogP contribution in [0.5, 0.6) is 0 Å². The minimum absolute atomic E-state index is 0.445. The van der Waals surface area contributed by atoms with Gasteiger partial charge in [-0.15, -0.1) is 0 Å². The van der Waals surface area contributed by atoms with Crippen LogP contribution in [-0.2, 0) is 0 Å². The Morgan fingerprint density at radius 2 is 2.21 bits per heavy atom. The molecule has 2 heterocycles. The minimum atomic E-state index is -0.445. The Kier molecular flexibility index (Phi) is 2.61. The lowest BCUT2D eigenvalue weighted by molar-refractivity contribution is 0.199. The van der Waals surface area contributed by atoms with Gasteiger partial charge >= 0.3 is 0 Å². The van der Waals surface area contributed by atoms with E-state index in [4.69, 9.17) is 0 Å². The number of thiophene rings is 1. The third-order valence-electron chi connectivity index (χ3n) is 2.09. The maximum Gasteiger partial charge on any atom is 0.0776 e. The predicted molar refractivity (Wildman–Crippen MR) is 58.2 cm³/mol. The number of aliphatic hydroxyl groups is 1. The smallest absolute Gasteiger partial charge is 0.0776 e. The molecule has 2 rings (SSSR count). The zero-order valence-corrected chi connectivity index (χ0v) is 8.66. The van der Waals surface area contributed by atoms with Gasteiger partial charge in [0.1, 0.15) is 0 Å². The summed E-state index contributed by atoms with van der Waals surface area (Å²) < 4.78 is 0.